The Balaban J connectivity index is 1.71. The van der Waals surface area contributed by atoms with E-state index in [1.165, 1.54) is 0 Å². The fourth-order valence-electron chi connectivity index (χ4n) is 3.84. The molecular weight excluding hydrogens is 458 g/mol. The van der Waals surface area contributed by atoms with Gasteiger partial charge < -0.3 is 15.2 Å². The van der Waals surface area contributed by atoms with E-state index in [1.807, 2.05) is 60.7 Å². The van der Waals surface area contributed by atoms with Gasteiger partial charge in [0, 0.05) is 26.9 Å². The summed E-state index contributed by atoms with van der Waals surface area (Å²) in [5.74, 6) is 0.699. The second-order valence-electron chi connectivity index (χ2n) is 7.23. The number of rotatable bonds is 4. The highest BCUT2D eigenvalue weighted by Crippen LogP contribution is 2.40. The Kier molecular flexibility index (Phi) is 4.75. The molecule has 0 aliphatic carbocycles. The van der Waals surface area contributed by atoms with Crippen molar-refractivity contribution in [3.8, 4) is 34.0 Å². The first-order valence-corrected chi connectivity index (χ1v) is 10.5. The van der Waals surface area contributed by atoms with Crippen LogP contribution in [0, 0.1) is 0 Å². The number of nitrogens with zero attached hydrogens (tertiary/aromatic N) is 2. The van der Waals surface area contributed by atoms with Crippen molar-refractivity contribution in [3.63, 3.8) is 0 Å². The molecule has 1 amide bonds. The van der Waals surface area contributed by atoms with E-state index in [4.69, 9.17) is 9.84 Å². The molecule has 1 aliphatic heterocycles. The van der Waals surface area contributed by atoms with Crippen LogP contribution in [0.2, 0.25) is 0 Å². The van der Waals surface area contributed by atoms with Gasteiger partial charge in [-0.3, -0.25) is 4.79 Å². The minimum absolute atomic E-state index is 0.123. The monoisotopic (exact) mass is 475 g/mol. The van der Waals surface area contributed by atoms with Crippen LogP contribution < -0.4 is 10.1 Å². The molecule has 2 N–H and O–H groups in total. The number of ether oxygens (including phenoxy) is 1. The highest BCUT2D eigenvalue weighted by Gasteiger charge is 2.35. The Morgan fingerprint density at radius 3 is 2.58 bits per heavy atom. The molecule has 154 valence electrons. The highest BCUT2D eigenvalue weighted by atomic mass is 79.9. The summed E-state index contributed by atoms with van der Waals surface area (Å²) >= 11 is 3.49. The fourth-order valence-corrected chi connectivity index (χ4v) is 4.22. The van der Waals surface area contributed by atoms with E-state index in [0.717, 1.165) is 27.0 Å². The third kappa shape index (κ3) is 3.37. The first-order chi connectivity index (χ1) is 15.0. The van der Waals surface area contributed by atoms with Crippen molar-refractivity contribution in [3.05, 3.63) is 82.8 Å². The molecule has 31 heavy (non-hydrogen) atoms. The second kappa shape index (κ2) is 7.59. The van der Waals surface area contributed by atoms with E-state index in [0.29, 0.717) is 17.0 Å². The molecule has 1 atom stereocenters. The molecule has 7 heteroatoms. The second-order valence-corrected chi connectivity index (χ2v) is 8.14. The van der Waals surface area contributed by atoms with Crippen LogP contribution in [0.1, 0.15) is 11.6 Å². The lowest BCUT2D eigenvalue weighted by Crippen LogP contribution is -2.21. The van der Waals surface area contributed by atoms with Crippen LogP contribution in [0.5, 0.6) is 11.5 Å². The molecule has 4 aromatic rings. The Morgan fingerprint density at radius 1 is 1.06 bits per heavy atom. The number of halogens is 1. The van der Waals surface area contributed by atoms with Gasteiger partial charge in [0.1, 0.15) is 11.5 Å². The van der Waals surface area contributed by atoms with E-state index in [2.05, 4.69) is 21.2 Å². The summed E-state index contributed by atoms with van der Waals surface area (Å²) in [5.41, 5.74) is 4.40. The number of nitrogens with one attached hydrogen (secondary N) is 1. The van der Waals surface area contributed by atoms with Gasteiger partial charge in [0.2, 0.25) is 0 Å². The van der Waals surface area contributed by atoms with Crippen molar-refractivity contribution in [1.82, 2.24) is 9.78 Å². The molecule has 0 spiro atoms. The lowest BCUT2D eigenvalue weighted by atomic mass is 10.1. The molecule has 1 aromatic heterocycles. The number of phenols is 1. The summed E-state index contributed by atoms with van der Waals surface area (Å²) in [4.78, 5) is 13.0. The van der Waals surface area contributed by atoms with Crippen LogP contribution >= 0.6 is 15.9 Å². The number of aromatic hydroxyl groups is 1. The van der Waals surface area contributed by atoms with Crippen LogP contribution in [0.15, 0.2) is 77.3 Å². The third-order valence-electron chi connectivity index (χ3n) is 5.36. The van der Waals surface area contributed by atoms with E-state index in [1.54, 1.807) is 23.9 Å². The summed E-state index contributed by atoms with van der Waals surface area (Å²) in [6, 6.07) is 21.5. The summed E-state index contributed by atoms with van der Waals surface area (Å²) in [7, 11) is 1.62. The van der Waals surface area contributed by atoms with Gasteiger partial charge in [0.05, 0.1) is 18.5 Å². The Morgan fingerprint density at radius 2 is 1.84 bits per heavy atom. The van der Waals surface area contributed by atoms with Crippen LogP contribution in [0.4, 0.5) is 5.69 Å². The van der Waals surface area contributed by atoms with Gasteiger partial charge in [-0.05, 0) is 60.7 Å². The summed E-state index contributed by atoms with van der Waals surface area (Å²) in [5, 5.41) is 18.3. The van der Waals surface area contributed by atoms with Crippen molar-refractivity contribution in [2.24, 2.45) is 0 Å². The molecule has 0 saturated carbocycles. The van der Waals surface area contributed by atoms with Gasteiger partial charge in [-0.25, -0.2) is 4.68 Å². The molecule has 6 nitrogen and oxygen atoms in total. The van der Waals surface area contributed by atoms with Crippen molar-refractivity contribution >= 4 is 27.5 Å². The first kappa shape index (κ1) is 19.4. The number of carbonyl (C=O) groups is 1. The van der Waals surface area contributed by atoms with Gasteiger partial charge in [-0.1, -0.05) is 28.1 Å². The molecule has 0 saturated heterocycles. The maximum atomic E-state index is 13.0. The van der Waals surface area contributed by atoms with E-state index in [9.17, 15) is 9.90 Å². The summed E-state index contributed by atoms with van der Waals surface area (Å²) < 4.78 is 7.81. The molecule has 1 unspecified atom stereocenters. The van der Waals surface area contributed by atoms with Gasteiger partial charge in [-0.2, -0.15) is 5.10 Å². The number of hydrogen-bond acceptors (Lipinski definition) is 4. The van der Waals surface area contributed by atoms with Crippen molar-refractivity contribution < 1.29 is 14.6 Å². The van der Waals surface area contributed by atoms with E-state index < -0.39 is 6.04 Å². The van der Waals surface area contributed by atoms with Crippen LogP contribution in [0.25, 0.3) is 22.5 Å². The zero-order valence-electron chi connectivity index (χ0n) is 16.5. The van der Waals surface area contributed by atoms with Gasteiger partial charge in [-0.15, -0.1) is 0 Å². The number of amides is 1. The molecule has 1 aliphatic rings. The number of anilines is 1. The quantitative estimate of drug-likeness (QED) is 0.423. The number of phenolic OH excluding ortho intramolecular Hbond substituents is 1. The molecule has 0 radical (unpaired) electrons. The SMILES string of the molecule is COc1ccc(-c2cc(-c3ccccc3O)n(C3C(=O)Nc4ccc(Br)cc43)n2)cc1. The Labute approximate surface area is 187 Å². The van der Waals surface area contributed by atoms with Gasteiger partial charge in [0.15, 0.2) is 6.04 Å². The zero-order valence-corrected chi connectivity index (χ0v) is 18.1. The number of fused-ring (bicyclic) bond motifs is 1. The van der Waals surface area contributed by atoms with Crippen molar-refractivity contribution in [2.75, 3.05) is 12.4 Å². The zero-order chi connectivity index (χ0) is 21.5. The summed E-state index contributed by atoms with van der Waals surface area (Å²) in [6.07, 6.45) is 0. The number of hydrogen-bond donors (Lipinski definition) is 2. The van der Waals surface area contributed by atoms with Crippen LogP contribution in [-0.4, -0.2) is 27.9 Å². The maximum Gasteiger partial charge on any atom is 0.253 e. The molecule has 0 bridgehead atoms. The largest absolute Gasteiger partial charge is 0.507 e. The fraction of sp³-hybridized carbons (Fsp3) is 0.0833. The number of carbonyl (C=O) groups excluding carboxylic acids is 1. The highest BCUT2D eigenvalue weighted by molar-refractivity contribution is 9.10. The maximum absolute atomic E-state index is 13.0. The van der Waals surface area contributed by atoms with Crippen molar-refractivity contribution in [2.45, 2.75) is 6.04 Å². The molecule has 2 heterocycles. The minimum atomic E-state index is -0.658. The molecule has 5 rings (SSSR count). The standard InChI is InChI=1S/C24H18BrN3O3/c1-31-16-9-6-14(7-10-16)20-13-21(17-4-2-3-5-22(17)29)28(27-20)23-18-12-15(25)8-11-19(18)26-24(23)30/h2-13,23,29H,1H3,(H,26,30). The predicted molar refractivity (Wildman–Crippen MR) is 122 cm³/mol. The third-order valence-corrected chi connectivity index (χ3v) is 5.85. The summed E-state index contributed by atoms with van der Waals surface area (Å²) in [6.45, 7) is 0. The Hall–Kier alpha value is -3.58. The topological polar surface area (TPSA) is 76.4 Å². The molecule has 3 aromatic carbocycles. The van der Waals surface area contributed by atoms with Crippen molar-refractivity contribution in [1.29, 1.82) is 0 Å². The smallest absolute Gasteiger partial charge is 0.253 e. The van der Waals surface area contributed by atoms with E-state index >= 15 is 0 Å². The first-order valence-electron chi connectivity index (χ1n) is 9.68. The number of benzene rings is 3. The average Bonchev–Trinajstić information content (AvgIpc) is 3.34. The van der Waals surface area contributed by atoms with Crippen LogP contribution in [0.3, 0.4) is 0 Å². The number of para-hydroxylation sites is 1. The lowest BCUT2D eigenvalue weighted by molar-refractivity contribution is -0.117. The number of methoxy groups -OCH3 is 1. The van der Waals surface area contributed by atoms with Gasteiger partial charge in [0.25, 0.3) is 5.91 Å². The van der Waals surface area contributed by atoms with Gasteiger partial charge >= 0.3 is 0 Å². The molecular formula is C24H18BrN3O3. The number of aromatic nitrogens is 2. The van der Waals surface area contributed by atoms with Crippen LogP contribution in [-0.2, 0) is 4.79 Å². The average molecular weight is 476 g/mol. The predicted octanol–water partition coefficient (Wildman–Crippen LogP) is 5.24. The molecule has 0 fully saturated rings. The Bertz CT molecular complexity index is 1300. The normalized spacial score (nSPS) is 14.9. The lowest BCUT2D eigenvalue weighted by Gasteiger charge is -2.15. The van der Waals surface area contributed by atoms with E-state index in [-0.39, 0.29) is 11.7 Å². The minimum Gasteiger partial charge on any atom is -0.507 e.